The van der Waals surface area contributed by atoms with Crippen molar-refractivity contribution in [2.45, 2.75) is 6.54 Å². The average molecular weight is 247 g/mol. The van der Waals surface area contributed by atoms with Crippen LogP contribution in [0.5, 0.6) is 0 Å². The van der Waals surface area contributed by atoms with Crippen molar-refractivity contribution in [3.8, 4) is 0 Å². The minimum absolute atomic E-state index is 0.0486. The van der Waals surface area contributed by atoms with Crippen LogP contribution in [0, 0.1) is 5.41 Å². The Morgan fingerprint density at radius 1 is 1.59 bits per heavy atom. The molecule has 0 saturated carbocycles. The van der Waals surface area contributed by atoms with Crippen LogP contribution in [-0.4, -0.2) is 22.9 Å². The molecule has 17 heavy (non-hydrogen) atoms. The molecule has 0 aliphatic rings. The Morgan fingerprint density at radius 2 is 2.41 bits per heavy atom. The van der Waals surface area contributed by atoms with Crippen LogP contribution < -0.4 is 10.6 Å². The van der Waals surface area contributed by atoms with Crippen LogP contribution >= 0.6 is 11.3 Å². The maximum Gasteiger partial charge on any atom is 0.125 e. The molecule has 0 bridgehead atoms. The predicted molar refractivity (Wildman–Crippen MR) is 69.5 cm³/mol. The highest BCUT2D eigenvalue weighted by atomic mass is 32.1. The van der Waals surface area contributed by atoms with Gasteiger partial charge in [0.2, 0.25) is 0 Å². The van der Waals surface area contributed by atoms with Crippen molar-refractivity contribution in [2.24, 2.45) is 5.73 Å². The summed E-state index contributed by atoms with van der Waals surface area (Å²) in [4.78, 5) is 10.3. The van der Waals surface area contributed by atoms with E-state index in [4.69, 9.17) is 11.1 Å². The molecule has 3 N–H and O–H groups in total. The van der Waals surface area contributed by atoms with E-state index >= 15 is 0 Å². The first-order chi connectivity index (χ1) is 8.18. The van der Waals surface area contributed by atoms with E-state index in [0.29, 0.717) is 12.1 Å². The summed E-state index contributed by atoms with van der Waals surface area (Å²) in [6, 6.07) is 1.75. The van der Waals surface area contributed by atoms with Crippen molar-refractivity contribution in [3.63, 3.8) is 0 Å². The topological polar surface area (TPSA) is 78.9 Å². The number of hydrogen-bond donors (Lipinski definition) is 2. The lowest BCUT2D eigenvalue weighted by molar-refractivity contribution is 0.889. The minimum Gasteiger partial charge on any atom is -0.384 e. The second kappa shape index (κ2) is 4.92. The van der Waals surface area contributed by atoms with Crippen LogP contribution in [0.15, 0.2) is 29.4 Å². The van der Waals surface area contributed by atoms with Gasteiger partial charge < -0.3 is 10.6 Å². The van der Waals surface area contributed by atoms with Crippen LogP contribution in [0.25, 0.3) is 0 Å². The van der Waals surface area contributed by atoms with E-state index in [2.05, 4.69) is 9.97 Å². The maximum absolute atomic E-state index is 7.53. The minimum atomic E-state index is 0.0486. The van der Waals surface area contributed by atoms with Gasteiger partial charge in [0.15, 0.2) is 0 Å². The lowest BCUT2D eigenvalue weighted by Gasteiger charge is -2.20. The summed E-state index contributed by atoms with van der Waals surface area (Å²) < 4.78 is 0. The molecule has 88 valence electrons. The zero-order valence-corrected chi connectivity index (χ0v) is 10.2. The number of thiazole rings is 1. The summed E-state index contributed by atoms with van der Waals surface area (Å²) >= 11 is 1.57. The summed E-state index contributed by atoms with van der Waals surface area (Å²) in [5.41, 5.74) is 9.87. The molecule has 0 fully saturated rings. The monoisotopic (exact) mass is 247 g/mol. The molecule has 0 atom stereocenters. The van der Waals surface area contributed by atoms with Crippen molar-refractivity contribution in [2.75, 3.05) is 11.9 Å². The molecular weight excluding hydrogens is 234 g/mol. The molecule has 0 saturated heterocycles. The van der Waals surface area contributed by atoms with Gasteiger partial charge in [0.1, 0.15) is 5.84 Å². The summed E-state index contributed by atoms with van der Waals surface area (Å²) in [6.07, 6.45) is 3.35. The van der Waals surface area contributed by atoms with E-state index in [1.54, 1.807) is 35.3 Å². The molecular formula is C11H13N5S. The van der Waals surface area contributed by atoms with Gasteiger partial charge in [-0.05, 0) is 6.07 Å². The highest BCUT2D eigenvalue weighted by Crippen LogP contribution is 2.19. The number of nitrogens with one attached hydrogen (secondary N) is 1. The molecule has 0 aliphatic carbocycles. The van der Waals surface area contributed by atoms with Gasteiger partial charge in [0, 0.05) is 24.2 Å². The summed E-state index contributed by atoms with van der Waals surface area (Å²) in [6.45, 7) is 0.676. The van der Waals surface area contributed by atoms with E-state index < -0.39 is 0 Å². The fraction of sp³-hybridized carbons (Fsp3) is 0.182. The average Bonchev–Trinajstić information content (AvgIpc) is 2.81. The van der Waals surface area contributed by atoms with E-state index in [9.17, 15) is 0 Å². The number of aromatic nitrogens is 2. The number of pyridine rings is 1. The van der Waals surface area contributed by atoms with E-state index in [0.717, 1.165) is 11.4 Å². The number of rotatable bonds is 4. The van der Waals surface area contributed by atoms with Gasteiger partial charge in [-0.1, -0.05) is 0 Å². The number of nitrogens with zero attached hydrogens (tertiary/aromatic N) is 3. The van der Waals surface area contributed by atoms with E-state index in [1.807, 2.05) is 17.3 Å². The van der Waals surface area contributed by atoms with Gasteiger partial charge in [0.25, 0.3) is 0 Å². The molecule has 0 spiro atoms. The maximum atomic E-state index is 7.53. The molecule has 2 rings (SSSR count). The first kappa shape index (κ1) is 11.5. The molecule has 0 unspecified atom stereocenters. The molecule has 2 heterocycles. The Hall–Kier alpha value is -1.95. The number of amidine groups is 1. The van der Waals surface area contributed by atoms with Crippen molar-refractivity contribution in [1.82, 2.24) is 9.97 Å². The van der Waals surface area contributed by atoms with Crippen molar-refractivity contribution < 1.29 is 0 Å². The highest BCUT2D eigenvalue weighted by molar-refractivity contribution is 7.07. The molecule has 6 heteroatoms. The molecule has 2 aromatic rings. The van der Waals surface area contributed by atoms with Crippen molar-refractivity contribution >= 4 is 22.9 Å². The smallest absolute Gasteiger partial charge is 0.125 e. The fourth-order valence-corrected chi connectivity index (χ4v) is 2.11. The van der Waals surface area contributed by atoms with Gasteiger partial charge in [-0.15, -0.1) is 11.3 Å². The summed E-state index contributed by atoms with van der Waals surface area (Å²) in [5.74, 6) is 0.0486. The van der Waals surface area contributed by atoms with Gasteiger partial charge >= 0.3 is 0 Å². The molecule has 0 aliphatic heterocycles. The molecule has 0 amide bonds. The van der Waals surface area contributed by atoms with Crippen LogP contribution in [-0.2, 0) is 6.54 Å². The van der Waals surface area contributed by atoms with Crippen molar-refractivity contribution in [1.29, 1.82) is 5.41 Å². The molecule has 0 aromatic carbocycles. The summed E-state index contributed by atoms with van der Waals surface area (Å²) in [7, 11) is 1.93. The number of hydrogen-bond acceptors (Lipinski definition) is 5. The number of anilines is 1. The third kappa shape index (κ3) is 2.59. The van der Waals surface area contributed by atoms with E-state index in [1.165, 1.54) is 0 Å². The SMILES string of the molecule is CN(Cc1cscn1)c1cnccc1C(=N)N. The van der Waals surface area contributed by atoms with Gasteiger partial charge in [-0.3, -0.25) is 10.4 Å². The predicted octanol–water partition coefficient (Wildman–Crippen LogP) is 1.46. The second-order valence-corrected chi connectivity index (χ2v) is 4.36. The quantitative estimate of drug-likeness (QED) is 0.633. The van der Waals surface area contributed by atoms with Crippen LogP contribution in [0.4, 0.5) is 5.69 Å². The zero-order valence-electron chi connectivity index (χ0n) is 9.42. The Labute approximate surface area is 103 Å². The fourth-order valence-electron chi connectivity index (χ4n) is 1.56. The van der Waals surface area contributed by atoms with Gasteiger partial charge in [-0.25, -0.2) is 4.98 Å². The van der Waals surface area contributed by atoms with Crippen molar-refractivity contribution in [3.05, 3.63) is 40.6 Å². The number of nitrogens with two attached hydrogens (primary N) is 1. The van der Waals surface area contributed by atoms with Gasteiger partial charge in [0.05, 0.1) is 29.6 Å². The first-order valence-corrected chi connectivity index (χ1v) is 5.99. The Bertz CT molecular complexity index is 508. The molecule has 0 radical (unpaired) electrons. The lowest BCUT2D eigenvalue weighted by atomic mass is 10.2. The van der Waals surface area contributed by atoms with Gasteiger partial charge in [-0.2, -0.15) is 0 Å². The third-order valence-electron chi connectivity index (χ3n) is 2.38. The first-order valence-electron chi connectivity index (χ1n) is 5.05. The Morgan fingerprint density at radius 3 is 3.06 bits per heavy atom. The molecule has 2 aromatic heterocycles. The molecule has 5 nitrogen and oxygen atoms in total. The lowest BCUT2D eigenvalue weighted by Crippen LogP contribution is -2.22. The summed E-state index contributed by atoms with van der Waals surface area (Å²) in [5, 5.41) is 9.53. The van der Waals surface area contributed by atoms with Crippen LogP contribution in [0.1, 0.15) is 11.3 Å². The van der Waals surface area contributed by atoms with E-state index in [-0.39, 0.29) is 5.84 Å². The van der Waals surface area contributed by atoms with Crippen LogP contribution in [0.2, 0.25) is 0 Å². The highest BCUT2D eigenvalue weighted by Gasteiger charge is 2.10. The largest absolute Gasteiger partial charge is 0.384 e. The second-order valence-electron chi connectivity index (χ2n) is 3.64. The third-order valence-corrected chi connectivity index (χ3v) is 3.02. The Kier molecular flexibility index (Phi) is 3.34. The normalized spacial score (nSPS) is 10.2. The zero-order chi connectivity index (χ0) is 12.3. The standard InChI is InChI=1S/C11H13N5S/c1-16(5-8-6-17-7-15-8)10-4-14-3-2-9(10)11(12)13/h2-4,6-7H,5H2,1H3,(H3,12,13). The van der Waals surface area contributed by atoms with Crippen LogP contribution in [0.3, 0.4) is 0 Å². The number of nitrogen functional groups attached to an aromatic ring is 1. The Balaban J connectivity index is 2.24.